The van der Waals surface area contributed by atoms with Gasteiger partial charge in [-0.1, -0.05) is 6.92 Å². The molecule has 8 nitrogen and oxygen atoms in total. The van der Waals surface area contributed by atoms with Gasteiger partial charge in [0.05, 0.1) is 23.1 Å². The minimum atomic E-state index is -4.61. The van der Waals surface area contributed by atoms with Gasteiger partial charge in [0.15, 0.2) is 5.69 Å². The van der Waals surface area contributed by atoms with Crippen LogP contribution in [0.4, 0.5) is 18.9 Å². The Balaban J connectivity index is 1.43. The Morgan fingerprint density at radius 1 is 1.08 bits per heavy atom. The zero-order chi connectivity index (χ0) is 25.9. The second-order valence-electron chi connectivity index (χ2n) is 8.39. The monoisotopic (exact) mass is 518 g/mol. The smallest absolute Gasteiger partial charge is 0.336 e. The molecule has 0 radical (unpaired) electrons. The van der Waals surface area contributed by atoms with Crippen molar-refractivity contribution >= 4 is 29.0 Å². The van der Waals surface area contributed by atoms with Gasteiger partial charge in [-0.05, 0) is 49.3 Å². The summed E-state index contributed by atoms with van der Waals surface area (Å²) in [6, 6.07) is 6.64. The molecule has 1 fully saturated rings. The summed E-state index contributed by atoms with van der Waals surface area (Å²) < 4.78 is 43.1. The molecule has 0 unspecified atom stereocenters. The highest BCUT2D eigenvalue weighted by Gasteiger charge is 2.33. The topological polar surface area (TPSA) is 91.3 Å². The van der Waals surface area contributed by atoms with Crippen molar-refractivity contribution in [2.75, 3.05) is 38.0 Å². The summed E-state index contributed by atoms with van der Waals surface area (Å²) in [6.45, 7) is 7.76. The van der Waals surface area contributed by atoms with Crippen LogP contribution in [0.5, 0.6) is 0 Å². The van der Waals surface area contributed by atoms with Crippen molar-refractivity contribution in [3.8, 4) is 0 Å². The number of piperazine rings is 1. The zero-order valence-electron chi connectivity index (χ0n) is 19.8. The number of aryl methyl sites for hydroxylation is 1. The number of nitrogens with one attached hydrogen (secondary N) is 1. The lowest BCUT2D eigenvalue weighted by molar-refractivity contribution is -0.141. The number of hydrogen-bond donors (Lipinski definition) is 1. The summed E-state index contributed by atoms with van der Waals surface area (Å²) in [5.74, 6) is -0.489. The highest BCUT2D eigenvalue weighted by Crippen LogP contribution is 2.28. The number of benzene rings is 1. The summed E-state index contributed by atoms with van der Waals surface area (Å²) in [6.07, 6.45) is -2.72. The quantitative estimate of drug-likeness (QED) is 0.533. The van der Waals surface area contributed by atoms with E-state index in [-0.39, 0.29) is 23.6 Å². The number of alkyl halides is 3. The molecule has 4 rings (SSSR count). The van der Waals surface area contributed by atoms with Crippen molar-refractivity contribution in [1.82, 2.24) is 24.1 Å². The van der Waals surface area contributed by atoms with Crippen LogP contribution in [0.3, 0.4) is 0 Å². The van der Waals surface area contributed by atoms with E-state index in [4.69, 9.17) is 0 Å². The molecule has 190 valence electrons. The molecule has 0 spiro atoms. The SMILES string of the molecule is CCN1CCN(C(=O)c2ccc(NC(=O)c3c(C)nsc3Cc3cncc(C(F)(F)F)n3)cc2)CC1. The van der Waals surface area contributed by atoms with E-state index in [1.54, 1.807) is 31.2 Å². The van der Waals surface area contributed by atoms with E-state index in [0.29, 0.717) is 41.1 Å². The first-order chi connectivity index (χ1) is 17.2. The molecule has 0 saturated carbocycles. The lowest BCUT2D eigenvalue weighted by Gasteiger charge is -2.34. The molecule has 1 N–H and O–H groups in total. The Morgan fingerprint density at radius 2 is 1.78 bits per heavy atom. The minimum absolute atomic E-state index is 0.0100. The van der Waals surface area contributed by atoms with Crippen LogP contribution in [0.2, 0.25) is 0 Å². The van der Waals surface area contributed by atoms with E-state index in [1.165, 1.54) is 6.20 Å². The van der Waals surface area contributed by atoms with Crippen LogP contribution in [0.25, 0.3) is 0 Å². The zero-order valence-corrected chi connectivity index (χ0v) is 20.6. The Labute approximate surface area is 210 Å². The first kappa shape index (κ1) is 25.7. The molecule has 3 heterocycles. The number of halogens is 3. The van der Waals surface area contributed by atoms with E-state index in [2.05, 4.69) is 31.5 Å². The van der Waals surface area contributed by atoms with E-state index in [0.717, 1.165) is 31.2 Å². The average Bonchev–Trinajstić information content (AvgIpc) is 3.23. The first-order valence-corrected chi connectivity index (χ1v) is 12.2. The van der Waals surface area contributed by atoms with Gasteiger partial charge in [0.25, 0.3) is 11.8 Å². The van der Waals surface area contributed by atoms with Crippen LogP contribution in [-0.2, 0) is 12.6 Å². The second kappa shape index (κ2) is 10.7. The lowest BCUT2D eigenvalue weighted by Crippen LogP contribution is -2.48. The van der Waals surface area contributed by atoms with Crippen molar-refractivity contribution in [3.05, 3.63) is 69.7 Å². The molecule has 36 heavy (non-hydrogen) atoms. The summed E-state index contributed by atoms with van der Waals surface area (Å²) in [7, 11) is 0. The van der Waals surface area contributed by atoms with E-state index >= 15 is 0 Å². The highest BCUT2D eigenvalue weighted by molar-refractivity contribution is 7.06. The predicted molar refractivity (Wildman–Crippen MR) is 129 cm³/mol. The van der Waals surface area contributed by atoms with E-state index < -0.39 is 17.8 Å². The molecular formula is C24H25F3N6O2S. The fourth-order valence-corrected chi connectivity index (χ4v) is 4.84. The normalized spacial score (nSPS) is 14.6. The second-order valence-corrected chi connectivity index (χ2v) is 9.25. The molecule has 0 aliphatic carbocycles. The molecular weight excluding hydrogens is 493 g/mol. The number of carbonyl (C=O) groups is 2. The van der Waals surface area contributed by atoms with Gasteiger partial charge in [0, 0.05) is 54.9 Å². The van der Waals surface area contributed by atoms with Crippen molar-refractivity contribution in [3.63, 3.8) is 0 Å². The van der Waals surface area contributed by atoms with E-state index in [9.17, 15) is 22.8 Å². The number of anilines is 1. The Hall–Kier alpha value is -3.38. The summed E-state index contributed by atoms with van der Waals surface area (Å²) >= 11 is 1.03. The third-order valence-electron chi connectivity index (χ3n) is 5.97. The van der Waals surface area contributed by atoms with Crippen molar-refractivity contribution in [2.45, 2.75) is 26.4 Å². The van der Waals surface area contributed by atoms with Gasteiger partial charge in [0.2, 0.25) is 0 Å². The average molecular weight is 519 g/mol. The molecule has 3 aromatic rings. The van der Waals surface area contributed by atoms with Gasteiger partial charge in [-0.25, -0.2) is 4.98 Å². The van der Waals surface area contributed by atoms with Gasteiger partial charge < -0.3 is 15.1 Å². The summed E-state index contributed by atoms with van der Waals surface area (Å²) in [5.41, 5.74) is 0.774. The molecule has 2 amide bonds. The van der Waals surface area contributed by atoms with Crippen molar-refractivity contribution < 1.29 is 22.8 Å². The summed E-state index contributed by atoms with van der Waals surface area (Å²) in [4.78, 5) is 37.7. The van der Waals surface area contributed by atoms with Gasteiger partial charge in [0.1, 0.15) is 0 Å². The maximum absolute atomic E-state index is 13.0. The van der Waals surface area contributed by atoms with Crippen molar-refractivity contribution in [2.24, 2.45) is 0 Å². The number of carbonyl (C=O) groups excluding carboxylic acids is 2. The van der Waals surface area contributed by atoms with Crippen molar-refractivity contribution in [1.29, 1.82) is 0 Å². The first-order valence-electron chi connectivity index (χ1n) is 11.4. The van der Waals surface area contributed by atoms with E-state index in [1.807, 2.05) is 4.90 Å². The number of likely N-dealkylation sites (N-methyl/N-ethyl adjacent to an activating group) is 1. The molecule has 12 heteroatoms. The summed E-state index contributed by atoms with van der Waals surface area (Å²) in [5, 5.41) is 2.79. The van der Waals surface area contributed by atoms with Gasteiger partial charge in [-0.3, -0.25) is 14.6 Å². The molecule has 0 bridgehead atoms. The standard InChI is InChI=1S/C24H25F3N6O2S/c1-3-32-8-10-33(11-9-32)23(35)16-4-6-17(7-5-16)30-22(34)21-15(2)31-36-19(21)12-18-13-28-14-20(29-18)24(25,26)27/h4-7,13-14H,3,8-12H2,1-2H3,(H,30,34). The van der Waals surface area contributed by atoms with Crippen LogP contribution in [0.1, 0.15) is 49.6 Å². The molecule has 1 aromatic carbocycles. The van der Waals surface area contributed by atoms with Crippen LogP contribution in [0.15, 0.2) is 36.7 Å². The highest BCUT2D eigenvalue weighted by atomic mass is 32.1. The largest absolute Gasteiger partial charge is 0.434 e. The molecule has 2 aromatic heterocycles. The number of aromatic nitrogens is 3. The third kappa shape index (κ3) is 5.88. The minimum Gasteiger partial charge on any atom is -0.336 e. The molecule has 0 atom stereocenters. The molecule has 1 aliphatic rings. The fourth-order valence-electron chi connectivity index (χ4n) is 3.96. The van der Waals surface area contributed by atoms with Crippen LogP contribution < -0.4 is 5.32 Å². The predicted octanol–water partition coefficient (Wildman–Crippen LogP) is 3.88. The van der Waals surface area contributed by atoms with Crippen LogP contribution in [-0.4, -0.2) is 68.7 Å². The Morgan fingerprint density at radius 3 is 2.42 bits per heavy atom. The Bertz CT molecular complexity index is 1240. The van der Waals surface area contributed by atoms with Gasteiger partial charge in [-0.15, -0.1) is 0 Å². The molecule has 1 aliphatic heterocycles. The lowest BCUT2D eigenvalue weighted by atomic mass is 10.1. The third-order valence-corrected chi connectivity index (χ3v) is 6.91. The van der Waals surface area contributed by atoms with Crippen LogP contribution in [0, 0.1) is 6.92 Å². The number of nitrogens with zero attached hydrogens (tertiary/aromatic N) is 5. The van der Waals surface area contributed by atoms with Gasteiger partial charge in [-0.2, -0.15) is 17.5 Å². The molecule has 1 saturated heterocycles. The number of amides is 2. The number of hydrogen-bond acceptors (Lipinski definition) is 7. The van der Waals surface area contributed by atoms with Crippen LogP contribution >= 0.6 is 11.5 Å². The maximum Gasteiger partial charge on any atom is 0.434 e. The maximum atomic E-state index is 13.0. The van der Waals surface area contributed by atoms with Gasteiger partial charge >= 0.3 is 6.18 Å². The Kier molecular flexibility index (Phi) is 7.65. The number of rotatable bonds is 6. The fraction of sp³-hybridized carbons (Fsp3) is 0.375.